The van der Waals surface area contributed by atoms with Crippen molar-refractivity contribution in [2.24, 2.45) is 5.73 Å². The molecule has 5 N–H and O–H groups in total. The second-order valence-corrected chi connectivity index (χ2v) is 4.93. The number of piperidine rings is 1. The van der Waals surface area contributed by atoms with Gasteiger partial charge in [-0.3, -0.25) is 9.69 Å². The van der Waals surface area contributed by atoms with Crippen LogP contribution in [0.15, 0.2) is 0 Å². The molecular weight excluding hydrogens is 238 g/mol. The third-order valence-corrected chi connectivity index (χ3v) is 3.16. The van der Waals surface area contributed by atoms with Crippen molar-refractivity contribution >= 4 is 11.9 Å². The van der Waals surface area contributed by atoms with E-state index in [4.69, 9.17) is 10.8 Å². The Morgan fingerprint density at radius 3 is 2.44 bits per heavy atom. The van der Waals surface area contributed by atoms with Crippen molar-refractivity contribution in [3.05, 3.63) is 0 Å². The molecule has 7 nitrogen and oxygen atoms in total. The third kappa shape index (κ3) is 4.25. The van der Waals surface area contributed by atoms with E-state index in [0.29, 0.717) is 0 Å². The van der Waals surface area contributed by atoms with Crippen LogP contribution < -0.4 is 11.1 Å². The largest absolute Gasteiger partial charge is 0.479 e. The van der Waals surface area contributed by atoms with Crippen molar-refractivity contribution in [2.75, 3.05) is 26.2 Å². The van der Waals surface area contributed by atoms with Crippen LogP contribution in [-0.4, -0.2) is 64.8 Å². The number of aliphatic carboxylic acids is 1. The van der Waals surface area contributed by atoms with E-state index >= 15 is 0 Å². The highest BCUT2D eigenvalue weighted by atomic mass is 16.4. The number of hydrogen-bond acceptors (Lipinski definition) is 5. The SMILES string of the molecule is CC(O)(CN(CC(N)=O)C1CCNCC1)C(=O)O. The average molecular weight is 259 g/mol. The van der Waals surface area contributed by atoms with E-state index in [0.717, 1.165) is 25.9 Å². The smallest absolute Gasteiger partial charge is 0.336 e. The molecule has 0 radical (unpaired) electrons. The summed E-state index contributed by atoms with van der Waals surface area (Å²) in [6.45, 7) is 2.72. The number of rotatable bonds is 6. The molecule has 104 valence electrons. The highest BCUT2D eigenvalue weighted by Crippen LogP contribution is 2.16. The van der Waals surface area contributed by atoms with Crippen LogP contribution in [0.25, 0.3) is 0 Å². The lowest BCUT2D eigenvalue weighted by Crippen LogP contribution is -2.54. The minimum atomic E-state index is -1.87. The molecule has 1 unspecified atom stereocenters. The number of aliphatic hydroxyl groups is 1. The molecule has 1 amide bonds. The standard InChI is InChI=1S/C11H21N3O4/c1-11(18,10(16)17)7-14(6-9(12)15)8-2-4-13-5-3-8/h8,13,18H,2-7H2,1H3,(H2,12,15)(H,16,17). The predicted molar refractivity (Wildman–Crippen MR) is 64.9 cm³/mol. The van der Waals surface area contributed by atoms with Crippen LogP contribution in [0.3, 0.4) is 0 Å². The molecule has 1 fully saturated rings. The lowest BCUT2D eigenvalue weighted by molar-refractivity contribution is -0.159. The van der Waals surface area contributed by atoms with Gasteiger partial charge in [-0.05, 0) is 32.9 Å². The van der Waals surface area contributed by atoms with Gasteiger partial charge in [0.2, 0.25) is 5.91 Å². The molecule has 1 aliphatic rings. The van der Waals surface area contributed by atoms with E-state index < -0.39 is 17.5 Å². The molecule has 0 aromatic rings. The minimum absolute atomic E-state index is 0.0336. The Balaban J connectivity index is 2.71. The summed E-state index contributed by atoms with van der Waals surface area (Å²) in [4.78, 5) is 23.6. The molecule has 1 heterocycles. The molecule has 0 aliphatic carbocycles. The quantitative estimate of drug-likeness (QED) is 0.455. The second kappa shape index (κ2) is 6.12. The summed E-state index contributed by atoms with van der Waals surface area (Å²) < 4.78 is 0. The van der Waals surface area contributed by atoms with E-state index in [-0.39, 0.29) is 19.1 Å². The van der Waals surface area contributed by atoms with Crippen molar-refractivity contribution in [1.29, 1.82) is 0 Å². The number of nitrogens with two attached hydrogens (primary N) is 1. The summed E-state index contributed by atoms with van der Waals surface area (Å²) in [7, 11) is 0. The number of carbonyl (C=O) groups excluding carboxylic acids is 1. The normalized spacial score (nSPS) is 20.6. The number of nitrogens with one attached hydrogen (secondary N) is 1. The fraction of sp³-hybridized carbons (Fsp3) is 0.818. The van der Waals surface area contributed by atoms with Crippen molar-refractivity contribution in [3.8, 4) is 0 Å². The maximum atomic E-state index is 11.0. The Kier molecular flexibility index (Phi) is 5.06. The lowest BCUT2D eigenvalue weighted by Gasteiger charge is -2.36. The van der Waals surface area contributed by atoms with E-state index in [1.165, 1.54) is 6.92 Å². The Hall–Kier alpha value is -1.18. The zero-order valence-corrected chi connectivity index (χ0v) is 10.6. The highest BCUT2D eigenvalue weighted by Gasteiger charge is 2.35. The fourth-order valence-corrected chi connectivity index (χ4v) is 2.15. The van der Waals surface area contributed by atoms with E-state index in [1.54, 1.807) is 4.90 Å². The van der Waals surface area contributed by atoms with Gasteiger partial charge in [-0.1, -0.05) is 0 Å². The van der Waals surface area contributed by atoms with Crippen LogP contribution >= 0.6 is 0 Å². The summed E-state index contributed by atoms with van der Waals surface area (Å²) in [5.41, 5.74) is 3.30. The monoisotopic (exact) mass is 259 g/mol. The van der Waals surface area contributed by atoms with Crippen molar-refractivity contribution in [2.45, 2.75) is 31.4 Å². The van der Waals surface area contributed by atoms with Gasteiger partial charge in [0.25, 0.3) is 0 Å². The molecular formula is C11H21N3O4. The minimum Gasteiger partial charge on any atom is -0.479 e. The molecule has 18 heavy (non-hydrogen) atoms. The average Bonchev–Trinajstić information content (AvgIpc) is 2.28. The van der Waals surface area contributed by atoms with Crippen molar-refractivity contribution < 1.29 is 19.8 Å². The maximum absolute atomic E-state index is 11.0. The molecule has 1 rings (SSSR count). The molecule has 0 aromatic heterocycles. The molecule has 0 aromatic carbocycles. The van der Waals surface area contributed by atoms with Crippen LogP contribution in [0.1, 0.15) is 19.8 Å². The molecule has 0 bridgehead atoms. The van der Waals surface area contributed by atoms with Gasteiger partial charge in [-0.15, -0.1) is 0 Å². The Morgan fingerprint density at radius 1 is 1.44 bits per heavy atom. The van der Waals surface area contributed by atoms with Gasteiger partial charge in [0.15, 0.2) is 5.60 Å². The van der Waals surface area contributed by atoms with Gasteiger partial charge < -0.3 is 21.3 Å². The van der Waals surface area contributed by atoms with Gasteiger partial charge in [-0.2, -0.15) is 0 Å². The van der Waals surface area contributed by atoms with Gasteiger partial charge in [0.1, 0.15) is 0 Å². The number of carboxylic acids is 1. The zero-order valence-electron chi connectivity index (χ0n) is 10.6. The maximum Gasteiger partial charge on any atom is 0.336 e. The first kappa shape index (κ1) is 14.9. The van der Waals surface area contributed by atoms with Gasteiger partial charge in [0.05, 0.1) is 6.54 Å². The Morgan fingerprint density at radius 2 is 2.00 bits per heavy atom. The second-order valence-electron chi connectivity index (χ2n) is 4.93. The van der Waals surface area contributed by atoms with Crippen LogP contribution in [0.4, 0.5) is 0 Å². The first-order chi connectivity index (χ1) is 8.33. The first-order valence-electron chi connectivity index (χ1n) is 6.02. The first-order valence-corrected chi connectivity index (χ1v) is 6.02. The summed E-state index contributed by atoms with van der Waals surface area (Å²) in [6.07, 6.45) is 1.62. The van der Waals surface area contributed by atoms with Crippen LogP contribution in [-0.2, 0) is 9.59 Å². The van der Waals surface area contributed by atoms with Gasteiger partial charge >= 0.3 is 5.97 Å². The predicted octanol–water partition coefficient (Wildman–Crippen LogP) is -1.64. The molecule has 7 heteroatoms. The fourth-order valence-electron chi connectivity index (χ4n) is 2.15. The molecule has 1 atom stereocenters. The summed E-state index contributed by atoms with van der Waals surface area (Å²) in [5, 5.41) is 21.9. The van der Waals surface area contributed by atoms with Gasteiger partial charge in [0, 0.05) is 12.6 Å². The van der Waals surface area contributed by atoms with Crippen LogP contribution in [0.5, 0.6) is 0 Å². The molecule has 0 spiro atoms. The van der Waals surface area contributed by atoms with Crippen molar-refractivity contribution in [3.63, 3.8) is 0 Å². The zero-order chi connectivity index (χ0) is 13.8. The lowest BCUT2D eigenvalue weighted by atomic mass is 10.0. The Labute approximate surface area is 106 Å². The summed E-state index contributed by atoms with van der Waals surface area (Å²) in [5.74, 6) is -1.82. The number of hydrogen-bond donors (Lipinski definition) is 4. The summed E-state index contributed by atoms with van der Waals surface area (Å²) >= 11 is 0. The number of carbonyl (C=O) groups is 2. The number of carboxylic acid groups (broad SMARTS) is 1. The molecule has 1 aliphatic heterocycles. The van der Waals surface area contributed by atoms with E-state index in [1.807, 2.05) is 0 Å². The Bertz CT molecular complexity index is 313. The number of nitrogens with zero attached hydrogens (tertiary/aromatic N) is 1. The van der Waals surface area contributed by atoms with Crippen LogP contribution in [0, 0.1) is 0 Å². The molecule has 0 saturated carbocycles. The van der Waals surface area contributed by atoms with Crippen molar-refractivity contribution in [1.82, 2.24) is 10.2 Å². The molecule has 1 saturated heterocycles. The number of amides is 1. The third-order valence-electron chi connectivity index (χ3n) is 3.16. The van der Waals surface area contributed by atoms with E-state index in [2.05, 4.69) is 5.32 Å². The van der Waals surface area contributed by atoms with Crippen LogP contribution in [0.2, 0.25) is 0 Å². The topological polar surface area (TPSA) is 116 Å². The number of primary amides is 1. The van der Waals surface area contributed by atoms with E-state index in [9.17, 15) is 14.7 Å². The van der Waals surface area contributed by atoms with Gasteiger partial charge in [-0.25, -0.2) is 4.79 Å². The summed E-state index contributed by atoms with van der Waals surface area (Å²) in [6, 6.07) is 0.0737. The highest BCUT2D eigenvalue weighted by molar-refractivity contribution is 5.78.